The minimum absolute atomic E-state index is 0.0326. The summed E-state index contributed by atoms with van der Waals surface area (Å²) in [6.07, 6.45) is 1.65. The summed E-state index contributed by atoms with van der Waals surface area (Å²) in [6, 6.07) is 17.6. The fraction of sp³-hybridized carbons (Fsp3) is 0.0833. The van der Waals surface area contributed by atoms with Gasteiger partial charge in [0, 0.05) is 0 Å². The van der Waals surface area contributed by atoms with Crippen molar-refractivity contribution in [3.05, 3.63) is 93.2 Å². The topological polar surface area (TPSA) is 82.4 Å². The van der Waals surface area contributed by atoms with Crippen LogP contribution in [0.3, 0.4) is 0 Å². The van der Waals surface area contributed by atoms with Crippen LogP contribution in [-0.2, 0) is 6.61 Å². The lowest BCUT2D eigenvalue weighted by atomic mass is 10.0. The van der Waals surface area contributed by atoms with Crippen LogP contribution in [0.5, 0.6) is 11.5 Å². The number of allylic oxidation sites excluding steroid dienone is 1. The average Bonchev–Trinajstić information content (AvgIpc) is 2.76. The van der Waals surface area contributed by atoms with Crippen LogP contribution in [0, 0.1) is 17.1 Å². The zero-order chi connectivity index (χ0) is 22.4. The van der Waals surface area contributed by atoms with Crippen LogP contribution in [0.1, 0.15) is 27.0 Å². The van der Waals surface area contributed by atoms with Crippen molar-refractivity contribution in [1.29, 1.82) is 5.26 Å². The number of hydrogen-bond donors (Lipinski definition) is 0. The molecule has 156 valence electrons. The Morgan fingerprint density at radius 3 is 2.48 bits per heavy atom. The van der Waals surface area contributed by atoms with Gasteiger partial charge >= 0.3 is 0 Å². The van der Waals surface area contributed by atoms with Crippen molar-refractivity contribution in [3.8, 4) is 17.6 Å². The highest BCUT2D eigenvalue weighted by molar-refractivity contribution is 9.10. The van der Waals surface area contributed by atoms with Crippen LogP contribution in [0.2, 0.25) is 0 Å². The number of benzene rings is 3. The predicted molar refractivity (Wildman–Crippen MR) is 116 cm³/mol. The van der Waals surface area contributed by atoms with Crippen molar-refractivity contribution < 1.29 is 23.8 Å². The smallest absolute Gasteiger partial charge is 0.175 e. The molecule has 0 aromatic heterocycles. The monoisotopic (exact) mass is 480 g/mol. The quantitative estimate of drug-likeness (QED) is 0.364. The van der Waals surface area contributed by atoms with Crippen molar-refractivity contribution in [2.45, 2.75) is 6.61 Å². The molecule has 0 spiro atoms. The van der Waals surface area contributed by atoms with Gasteiger partial charge in [-0.25, -0.2) is 4.39 Å². The van der Waals surface area contributed by atoms with Crippen LogP contribution in [0.15, 0.2) is 65.1 Å². The van der Waals surface area contributed by atoms with Gasteiger partial charge in [-0.05, 0) is 68.5 Å². The summed E-state index contributed by atoms with van der Waals surface area (Å²) in [7, 11) is 1.49. The highest BCUT2D eigenvalue weighted by Crippen LogP contribution is 2.38. The minimum Gasteiger partial charge on any atom is -0.545 e. The molecule has 3 aromatic carbocycles. The van der Waals surface area contributed by atoms with Gasteiger partial charge in [0.25, 0.3) is 0 Å². The van der Waals surface area contributed by atoms with E-state index in [1.54, 1.807) is 42.5 Å². The SMILES string of the molecule is COc1cc(/C=C(/C#N)c2ccc(C(=O)[O-])cc2)cc(Br)c1OCc1cccc(F)c1. The lowest BCUT2D eigenvalue weighted by molar-refractivity contribution is -0.255. The number of halogens is 2. The van der Waals surface area contributed by atoms with E-state index in [1.165, 1.54) is 31.4 Å². The first kappa shape index (κ1) is 22.1. The van der Waals surface area contributed by atoms with Crippen LogP contribution in [0.25, 0.3) is 11.6 Å². The van der Waals surface area contributed by atoms with Crippen molar-refractivity contribution in [2.24, 2.45) is 0 Å². The maximum absolute atomic E-state index is 13.4. The van der Waals surface area contributed by atoms with Crippen LogP contribution in [0.4, 0.5) is 4.39 Å². The van der Waals surface area contributed by atoms with E-state index >= 15 is 0 Å². The Bertz CT molecular complexity index is 1180. The fourth-order valence-corrected chi connectivity index (χ4v) is 3.45. The normalized spacial score (nSPS) is 11.0. The average molecular weight is 481 g/mol. The fourth-order valence-electron chi connectivity index (χ4n) is 2.88. The molecule has 0 aliphatic heterocycles. The summed E-state index contributed by atoms with van der Waals surface area (Å²) >= 11 is 3.46. The van der Waals surface area contributed by atoms with E-state index in [0.717, 1.165) is 0 Å². The molecule has 0 heterocycles. The van der Waals surface area contributed by atoms with Gasteiger partial charge in [-0.2, -0.15) is 5.26 Å². The summed E-state index contributed by atoms with van der Waals surface area (Å²) in [5.74, 6) is -0.747. The first-order valence-electron chi connectivity index (χ1n) is 9.09. The molecular weight excluding hydrogens is 465 g/mol. The number of carbonyl (C=O) groups excluding carboxylic acids is 1. The van der Waals surface area contributed by atoms with Gasteiger partial charge in [0.1, 0.15) is 12.4 Å². The summed E-state index contributed by atoms with van der Waals surface area (Å²) in [6.45, 7) is 0.149. The van der Waals surface area contributed by atoms with E-state index in [0.29, 0.717) is 38.2 Å². The number of nitrogens with zero attached hydrogens (tertiary/aromatic N) is 1. The Balaban J connectivity index is 1.88. The molecule has 0 saturated carbocycles. The van der Waals surface area contributed by atoms with Gasteiger partial charge in [0.2, 0.25) is 0 Å². The molecule has 0 fully saturated rings. The Labute approximate surface area is 187 Å². The zero-order valence-corrected chi connectivity index (χ0v) is 18.0. The minimum atomic E-state index is -1.28. The van der Waals surface area contributed by atoms with E-state index in [4.69, 9.17) is 9.47 Å². The maximum Gasteiger partial charge on any atom is 0.175 e. The zero-order valence-electron chi connectivity index (χ0n) is 16.4. The second-order valence-electron chi connectivity index (χ2n) is 6.49. The number of ether oxygens (including phenoxy) is 2. The number of methoxy groups -OCH3 is 1. The van der Waals surface area contributed by atoms with Crippen molar-refractivity contribution in [1.82, 2.24) is 0 Å². The Morgan fingerprint density at radius 2 is 1.87 bits per heavy atom. The van der Waals surface area contributed by atoms with E-state index in [-0.39, 0.29) is 18.0 Å². The van der Waals surface area contributed by atoms with E-state index in [1.807, 2.05) is 0 Å². The first-order chi connectivity index (χ1) is 14.9. The molecular formula is C24H16BrFNO4-. The van der Waals surface area contributed by atoms with Crippen LogP contribution >= 0.6 is 15.9 Å². The maximum atomic E-state index is 13.4. The van der Waals surface area contributed by atoms with Crippen molar-refractivity contribution in [2.75, 3.05) is 7.11 Å². The van der Waals surface area contributed by atoms with Gasteiger partial charge in [-0.15, -0.1) is 0 Å². The molecule has 0 N–H and O–H groups in total. The van der Waals surface area contributed by atoms with Gasteiger partial charge in [0.05, 0.1) is 29.2 Å². The summed E-state index contributed by atoms with van der Waals surface area (Å²) in [4.78, 5) is 10.9. The van der Waals surface area contributed by atoms with Gasteiger partial charge in [-0.3, -0.25) is 0 Å². The van der Waals surface area contributed by atoms with Crippen molar-refractivity contribution >= 4 is 33.5 Å². The number of nitriles is 1. The number of carboxylic acid groups (broad SMARTS) is 1. The second-order valence-corrected chi connectivity index (χ2v) is 7.34. The second kappa shape index (κ2) is 9.92. The summed E-state index contributed by atoms with van der Waals surface area (Å²) in [5, 5.41) is 20.5. The van der Waals surface area contributed by atoms with Crippen LogP contribution < -0.4 is 14.6 Å². The van der Waals surface area contributed by atoms with Crippen molar-refractivity contribution in [3.63, 3.8) is 0 Å². The Hall–Kier alpha value is -3.63. The highest BCUT2D eigenvalue weighted by Gasteiger charge is 2.13. The predicted octanol–water partition coefficient (Wildman–Crippen LogP) is 4.60. The molecule has 31 heavy (non-hydrogen) atoms. The van der Waals surface area contributed by atoms with Gasteiger partial charge in [0.15, 0.2) is 11.5 Å². The van der Waals surface area contributed by atoms with E-state index in [2.05, 4.69) is 22.0 Å². The molecule has 0 atom stereocenters. The lowest BCUT2D eigenvalue weighted by Crippen LogP contribution is -2.21. The molecule has 0 unspecified atom stereocenters. The summed E-state index contributed by atoms with van der Waals surface area (Å²) in [5.41, 5.74) is 2.28. The third kappa shape index (κ3) is 5.50. The van der Waals surface area contributed by atoms with Gasteiger partial charge < -0.3 is 19.4 Å². The molecule has 7 heteroatoms. The summed E-state index contributed by atoms with van der Waals surface area (Å²) < 4.78 is 25.2. The molecule has 0 radical (unpaired) electrons. The molecule has 3 aromatic rings. The Morgan fingerprint density at radius 1 is 1.16 bits per heavy atom. The molecule has 5 nitrogen and oxygen atoms in total. The van der Waals surface area contributed by atoms with Gasteiger partial charge in [-0.1, -0.05) is 36.4 Å². The molecule has 0 amide bonds. The first-order valence-corrected chi connectivity index (χ1v) is 9.89. The largest absolute Gasteiger partial charge is 0.545 e. The molecule has 0 aliphatic carbocycles. The molecule has 0 saturated heterocycles. The molecule has 0 aliphatic rings. The molecule has 3 rings (SSSR count). The van der Waals surface area contributed by atoms with E-state index in [9.17, 15) is 19.6 Å². The number of carbonyl (C=O) groups is 1. The third-order valence-corrected chi connectivity index (χ3v) is 4.98. The lowest BCUT2D eigenvalue weighted by Gasteiger charge is -2.14. The highest BCUT2D eigenvalue weighted by atomic mass is 79.9. The Kier molecular flexibility index (Phi) is 7.06. The number of carboxylic acids is 1. The van der Waals surface area contributed by atoms with Crippen LogP contribution in [-0.4, -0.2) is 13.1 Å². The number of aromatic carboxylic acids is 1. The molecule has 0 bridgehead atoms. The number of rotatable bonds is 7. The number of hydrogen-bond acceptors (Lipinski definition) is 5. The van der Waals surface area contributed by atoms with E-state index < -0.39 is 5.97 Å². The third-order valence-electron chi connectivity index (χ3n) is 4.39. The standard InChI is InChI=1S/C24H17BrFNO4/c1-30-22-12-16(9-19(13-27)17-5-7-18(8-6-17)24(28)29)11-21(25)23(22)31-14-15-3-2-4-20(26)10-15/h2-12H,14H2,1H3,(H,28,29)/p-1/b19-9-.